The third-order valence-corrected chi connectivity index (χ3v) is 7.77. The predicted octanol–water partition coefficient (Wildman–Crippen LogP) is 4.35. The number of hydrogen-bond acceptors (Lipinski definition) is 5. The first-order valence-electron chi connectivity index (χ1n) is 13.3. The van der Waals surface area contributed by atoms with Crippen LogP contribution in [0.15, 0.2) is 67.0 Å². The molecule has 1 amide bonds. The molecule has 1 N–H and O–H groups in total. The third-order valence-electron chi connectivity index (χ3n) is 7.77. The van der Waals surface area contributed by atoms with Gasteiger partial charge in [0.2, 0.25) is 5.91 Å². The topological polar surface area (TPSA) is 57.7 Å². The standard InChI is InChI=1S/C30H38N4O2/c1-33-15-5-8-28(33)12-14-32-30(35)27-17-24(22-36-29-9-4-13-31-18-29)20-34(21-27)19-23-10-11-25-6-2-3-7-26(25)16-23/h2-4,6-7,9-11,13,16,18,24,27-28H,5,8,12,14-15,17,19-22H2,1H3,(H,32,35)/t24-,27+,28?/m0/s1. The molecule has 1 aromatic heterocycles. The summed E-state index contributed by atoms with van der Waals surface area (Å²) in [5, 5.41) is 5.78. The van der Waals surface area contributed by atoms with Crippen LogP contribution in [0.5, 0.6) is 5.75 Å². The molecule has 2 fully saturated rings. The van der Waals surface area contributed by atoms with Crippen molar-refractivity contribution in [1.29, 1.82) is 0 Å². The predicted molar refractivity (Wildman–Crippen MR) is 144 cm³/mol. The molecule has 6 nitrogen and oxygen atoms in total. The molecule has 5 rings (SSSR count). The summed E-state index contributed by atoms with van der Waals surface area (Å²) in [6.45, 7) is 5.06. The first-order valence-corrected chi connectivity index (χ1v) is 13.3. The highest BCUT2D eigenvalue weighted by Crippen LogP contribution is 2.26. The van der Waals surface area contributed by atoms with Crippen LogP contribution in [-0.2, 0) is 11.3 Å². The van der Waals surface area contributed by atoms with Crippen LogP contribution in [0.3, 0.4) is 0 Å². The molecule has 1 unspecified atom stereocenters. The van der Waals surface area contributed by atoms with Crippen molar-refractivity contribution in [1.82, 2.24) is 20.1 Å². The van der Waals surface area contributed by atoms with Crippen molar-refractivity contribution in [3.05, 3.63) is 72.6 Å². The van der Waals surface area contributed by atoms with E-state index in [0.717, 1.165) is 44.8 Å². The number of benzene rings is 2. The van der Waals surface area contributed by atoms with Gasteiger partial charge in [-0.15, -0.1) is 0 Å². The van der Waals surface area contributed by atoms with E-state index in [1.54, 1.807) is 12.4 Å². The zero-order valence-corrected chi connectivity index (χ0v) is 21.3. The summed E-state index contributed by atoms with van der Waals surface area (Å²) in [5.41, 5.74) is 1.28. The molecule has 0 bridgehead atoms. The van der Waals surface area contributed by atoms with Gasteiger partial charge in [0.25, 0.3) is 0 Å². The number of nitrogens with zero attached hydrogens (tertiary/aromatic N) is 3. The molecular weight excluding hydrogens is 448 g/mol. The summed E-state index contributed by atoms with van der Waals surface area (Å²) >= 11 is 0. The van der Waals surface area contributed by atoms with Gasteiger partial charge in [0.1, 0.15) is 5.75 Å². The van der Waals surface area contributed by atoms with E-state index in [-0.39, 0.29) is 17.7 Å². The van der Waals surface area contributed by atoms with Gasteiger partial charge in [-0.3, -0.25) is 14.7 Å². The Morgan fingerprint density at radius 1 is 1.11 bits per heavy atom. The minimum absolute atomic E-state index is 0.0250. The van der Waals surface area contributed by atoms with Crippen LogP contribution in [0.25, 0.3) is 10.8 Å². The van der Waals surface area contributed by atoms with E-state index in [2.05, 4.69) is 69.6 Å². The fraction of sp³-hybridized carbons (Fsp3) is 0.467. The maximum absolute atomic E-state index is 13.2. The van der Waals surface area contributed by atoms with Gasteiger partial charge in [-0.1, -0.05) is 36.4 Å². The Morgan fingerprint density at radius 3 is 2.81 bits per heavy atom. The molecule has 6 heteroatoms. The van der Waals surface area contributed by atoms with Gasteiger partial charge >= 0.3 is 0 Å². The van der Waals surface area contributed by atoms with Gasteiger partial charge in [0.05, 0.1) is 18.7 Å². The number of amides is 1. The number of aromatic nitrogens is 1. The van der Waals surface area contributed by atoms with Gasteiger partial charge in [0.15, 0.2) is 0 Å². The Hall–Kier alpha value is -2.96. The summed E-state index contributed by atoms with van der Waals surface area (Å²) in [7, 11) is 2.19. The molecule has 2 aromatic carbocycles. The Kier molecular flexibility index (Phi) is 8.14. The van der Waals surface area contributed by atoms with Crippen molar-refractivity contribution in [2.45, 2.75) is 38.3 Å². The zero-order valence-electron chi connectivity index (χ0n) is 21.3. The van der Waals surface area contributed by atoms with E-state index in [4.69, 9.17) is 4.74 Å². The van der Waals surface area contributed by atoms with Gasteiger partial charge in [-0.25, -0.2) is 0 Å². The van der Waals surface area contributed by atoms with Crippen LogP contribution in [-0.4, -0.2) is 66.6 Å². The summed E-state index contributed by atoms with van der Waals surface area (Å²) in [5.74, 6) is 1.23. The van der Waals surface area contributed by atoms with Gasteiger partial charge in [-0.2, -0.15) is 0 Å². The van der Waals surface area contributed by atoms with Gasteiger partial charge in [0, 0.05) is 44.3 Å². The van der Waals surface area contributed by atoms with Crippen molar-refractivity contribution >= 4 is 16.7 Å². The monoisotopic (exact) mass is 486 g/mol. The van der Waals surface area contributed by atoms with E-state index in [1.165, 1.54) is 35.7 Å². The van der Waals surface area contributed by atoms with Crippen LogP contribution in [0.1, 0.15) is 31.2 Å². The van der Waals surface area contributed by atoms with Gasteiger partial charge in [-0.05, 0) is 73.8 Å². The molecule has 0 spiro atoms. The highest BCUT2D eigenvalue weighted by atomic mass is 16.5. The smallest absolute Gasteiger partial charge is 0.224 e. The second-order valence-corrected chi connectivity index (χ2v) is 10.5. The number of ether oxygens (including phenoxy) is 1. The Balaban J connectivity index is 1.23. The average molecular weight is 487 g/mol. The zero-order chi connectivity index (χ0) is 24.7. The van der Waals surface area contributed by atoms with E-state index >= 15 is 0 Å². The molecule has 0 aliphatic carbocycles. The largest absolute Gasteiger partial charge is 0.492 e. The maximum Gasteiger partial charge on any atom is 0.224 e. The second kappa shape index (κ2) is 11.8. The Bertz CT molecular complexity index is 1140. The van der Waals surface area contributed by atoms with Crippen molar-refractivity contribution in [2.75, 3.05) is 39.8 Å². The summed E-state index contributed by atoms with van der Waals surface area (Å²) < 4.78 is 6.06. The lowest BCUT2D eigenvalue weighted by atomic mass is 9.88. The van der Waals surface area contributed by atoms with Crippen LogP contribution in [0.2, 0.25) is 0 Å². The molecule has 190 valence electrons. The third kappa shape index (κ3) is 6.42. The first kappa shape index (κ1) is 24.7. The van der Waals surface area contributed by atoms with Crippen LogP contribution in [0, 0.1) is 11.8 Å². The van der Waals surface area contributed by atoms with E-state index < -0.39 is 0 Å². The lowest BCUT2D eigenvalue weighted by molar-refractivity contribution is -0.127. The van der Waals surface area contributed by atoms with Crippen molar-refractivity contribution < 1.29 is 9.53 Å². The Labute approximate surface area is 214 Å². The fourth-order valence-electron chi connectivity index (χ4n) is 5.83. The van der Waals surface area contributed by atoms with Crippen molar-refractivity contribution in [3.63, 3.8) is 0 Å². The van der Waals surface area contributed by atoms with Crippen LogP contribution in [0.4, 0.5) is 0 Å². The fourth-order valence-corrected chi connectivity index (χ4v) is 5.83. The summed E-state index contributed by atoms with van der Waals surface area (Å²) in [6.07, 6.45) is 7.89. The van der Waals surface area contributed by atoms with Crippen LogP contribution >= 0.6 is 0 Å². The van der Waals surface area contributed by atoms with E-state index in [9.17, 15) is 4.79 Å². The van der Waals surface area contributed by atoms with E-state index in [0.29, 0.717) is 12.6 Å². The van der Waals surface area contributed by atoms with Gasteiger partial charge < -0.3 is 15.0 Å². The number of likely N-dealkylation sites (tertiary alicyclic amines) is 2. The molecule has 0 radical (unpaired) electrons. The molecule has 36 heavy (non-hydrogen) atoms. The molecule has 3 aromatic rings. The molecule has 2 saturated heterocycles. The molecular formula is C30H38N4O2. The number of piperidine rings is 1. The molecule has 3 atom stereocenters. The summed E-state index contributed by atoms with van der Waals surface area (Å²) in [4.78, 5) is 22.3. The number of carbonyl (C=O) groups is 1. The highest BCUT2D eigenvalue weighted by molar-refractivity contribution is 5.83. The lowest BCUT2D eigenvalue weighted by Crippen LogP contribution is -2.47. The number of pyridine rings is 1. The number of fused-ring (bicyclic) bond motifs is 1. The lowest BCUT2D eigenvalue weighted by Gasteiger charge is -2.37. The number of nitrogens with one attached hydrogen (secondary N) is 1. The van der Waals surface area contributed by atoms with E-state index in [1.807, 2.05) is 12.1 Å². The second-order valence-electron chi connectivity index (χ2n) is 10.5. The maximum atomic E-state index is 13.2. The van der Waals surface area contributed by atoms with Crippen LogP contribution < -0.4 is 10.1 Å². The van der Waals surface area contributed by atoms with Crippen molar-refractivity contribution in [2.24, 2.45) is 11.8 Å². The number of hydrogen-bond donors (Lipinski definition) is 1. The van der Waals surface area contributed by atoms with Crippen molar-refractivity contribution in [3.8, 4) is 5.75 Å². The average Bonchev–Trinajstić information content (AvgIpc) is 3.32. The highest BCUT2D eigenvalue weighted by Gasteiger charge is 2.32. The Morgan fingerprint density at radius 2 is 2.00 bits per heavy atom. The minimum atomic E-state index is -0.0250. The SMILES string of the molecule is CN1CCCC1CCNC(=O)[C@@H]1C[C@H](COc2cccnc2)CN(Cc2ccc3ccccc3c2)C1. The molecule has 0 saturated carbocycles. The number of rotatable bonds is 9. The molecule has 2 aliphatic heterocycles. The molecule has 2 aliphatic rings. The summed E-state index contributed by atoms with van der Waals surface area (Å²) in [6, 6.07) is 19.6. The minimum Gasteiger partial charge on any atom is -0.492 e. The quantitative estimate of drug-likeness (QED) is 0.487. The first-order chi connectivity index (χ1) is 17.6. The molecule has 3 heterocycles. The number of carbonyl (C=O) groups excluding carboxylic acids is 1. The normalized spacial score (nSPS) is 23.1.